The fraction of sp³-hybridized carbons (Fsp3) is 0.769. The van der Waals surface area contributed by atoms with Crippen LogP contribution in [0.4, 0.5) is 0 Å². The summed E-state index contributed by atoms with van der Waals surface area (Å²) in [4.78, 5) is 13.8. The molecule has 0 N–H and O–H groups in total. The minimum Gasteiger partial charge on any atom is -0.466 e. The Hall–Kier alpha value is -0.830. The molecule has 1 unspecified atom stereocenters. The maximum atomic E-state index is 11.4. The molecule has 3 nitrogen and oxygen atoms in total. The maximum Gasteiger partial charge on any atom is 0.333 e. The molecule has 0 saturated carbocycles. The lowest BCUT2D eigenvalue weighted by molar-refractivity contribution is -0.136. The van der Waals surface area contributed by atoms with Crippen molar-refractivity contribution in [3.8, 4) is 0 Å². The standard InChI is InChI=1S/C13H23NO2/c1-4-11(13(15)16-3)8-10-14-9-6-7-12(14)5-2/h8,12H,4-7,9-10H2,1-3H3. The highest BCUT2D eigenvalue weighted by molar-refractivity contribution is 5.88. The molecule has 0 bridgehead atoms. The molecule has 0 aliphatic carbocycles. The maximum absolute atomic E-state index is 11.4. The minimum atomic E-state index is -0.185. The van der Waals surface area contributed by atoms with Gasteiger partial charge in [-0.25, -0.2) is 4.79 Å². The van der Waals surface area contributed by atoms with Crippen LogP contribution < -0.4 is 0 Å². The zero-order valence-electron chi connectivity index (χ0n) is 10.7. The number of carbonyl (C=O) groups excluding carboxylic acids is 1. The van der Waals surface area contributed by atoms with E-state index in [1.165, 1.54) is 26.4 Å². The molecular formula is C13H23NO2. The fourth-order valence-corrected chi connectivity index (χ4v) is 2.33. The predicted octanol–water partition coefficient (Wildman–Crippen LogP) is 2.37. The molecular weight excluding hydrogens is 202 g/mol. The third-order valence-electron chi connectivity index (χ3n) is 3.37. The molecule has 0 amide bonds. The molecule has 0 radical (unpaired) electrons. The summed E-state index contributed by atoms with van der Waals surface area (Å²) >= 11 is 0. The van der Waals surface area contributed by atoms with E-state index in [4.69, 9.17) is 4.74 Å². The molecule has 1 fully saturated rings. The van der Waals surface area contributed by atoms with Crippen LogP contribution in [-0.2, 0) is 9.53 Å². The van der Waals surface area contributed by atoms with Crippen molar-refractivity contribution < 1.29 is 9.53 Å². The van der Waals surface area contributed by atoms with Crippen LogP contribution in [0.1, 0.15) is 39.5 Å². The summed E-state index contributed by atoms with van der Waals surface area (Å²) in [5.74, 6) is -0.185. The Bertz CT molecular complexity index is 261. The Balaban J connectivity index is 2.52. The monoisotopic (exact) mass is 225 g/mol. The van der Waals surface area contributed by atoms with E-state index in [0.717, 1.165) is 25.1 Å². The molecule has 16 heavy (non-hydrogen) atoms. The summed E-state index contributed by atoms with van der Waals surface area (Å²) in [5, 5.41) is 0. The first kappa shape index (κ1) is 13.2. The van der Waals surface area contributed by atoms with E-state index < -0.39 is 0 Å². The van der Waals surface area contributed by atoms with Crippen LogP contribution >= 0.6 is 0 Å². The van der Waals surface area contributed by atoms with Gasteiger partial charge >= 0.3 is 5.97 Å². The van der Waals surface area contributed by atoms with Gasteiger partial charge in [-0.1, -0.05) is 19.9 Å². The zero-order valence-corrected chi connectivity index (χ0v) is 10.7. The summed E-state index contributed by atoms with van der Waals surface area (Å²) in [6.45, 7) is 6.27. The molecule has 92 valence electrons. The summed E-state index contributed by atoms with van der Waals surface area (Å²) in [5.41, 5.74) is 0.796. The van der Waals surface area contributed by atoms with Crippen LogP contribution in [0.25, 0.3) is 0 Å². The average molecular weight is 225 g/mol. The van der Waals surface area contributed by atoms with Crippen molar-refractivity contribution in [2.24, 2.45) is 0 Å². The van der Waals surface area contributed by atoms with E-state index in [0.29, 0.717) is 6.04 Å². The van der Waals surface area contributed by atoms with E-state index in [2.05, 4.69) is 11.8 Å². The van der Waals surface area contributed by atoms with Crippen molar-refractivity contribution in [3.63, 3.8) is 0 Å². The van der Waals surface area contributed by atoms with Gasteiger partial charge < -0.3 is 4.74 Å². The number of methoxy groups -OCH3 is 1. The molecule has 1 heterocycles. The van der Waals surface area contributed by atoms with Gasteiger partial charge in [0.1, 0.15) is 0 Å². The summed E-state index contributed by atoms with van der Waals surface area (Å²) in [6.07, 6.45) is 6.56. The van der Waals surface area contributed by atoms with Crippen molar-refractivity contribution in [2.45, 2.75) is 45.6 Å². The smallest absolute Gasteiger partial charge is 0.333 e. The number of esters is 1. The second kappa shape index (κ2) is 6.69. The van der Waals surface area contributed by atoms with Gasteiger partial charge in [0.2, 0.25) is 0 Å². The Morgan fingerprint density at radius 3 is 2.81 bits per heavy atom. The van der Waals surface area contributed by atoms with Crippen molar-refractivity contribution in [2.75, 3.05) is 20.2 Å². The summed E-state index contributed by atoms with van der Waals surface area (Å²) in [6, 6.07) is 0.701. The number of carbonyl (C=O) groups is 1. The minimum absolute atomic E-state index is 0.185. The summed E-state index contributed by atoms with van der Waals surface area (Å²) in [7, 11) is 1.44. The van der Waals surface area contributed by atoms with E-state index in [1.54, 1.807) is 0 Å². The third-order valence-corrected chi connectivity index (χ3v) is 3.37. The van der Waals surface area contributed by atoms with E-state index >= 15 is 0 Å². The van der Waals surface area contributed by atoms with E-state index in [9.17, 15) is 4.79 Å². The summed E-state index contributed by atoms with van der Waals surface area (Å²) < 4.78 is 4.75. The topological polar surface area (TPSA) is 29.5 Å². The Labute approximate surface area is 98.5 Å². The number of ether oxygens (including phenoxy) is 1. The second-order valence-corrected chi connectivity index (χ2v) is 4.27. The molecule has 0 aromatic heterocycles. The van der Waals surface area contributed by atoms with Crippen LogP contribution in [0.3, 0.4) is 0 Å². The fourth-order valence-electron chi connectivity index (χ4n) is 2.33. The SMILES string of the molecule is CCC(=CCN1CCCC1CC)C(=O)OC. The predicted molar refractivity (Wildman–Crippen MR) is 65.3 cm³/mol. The molecule has 1 rings (SSSR count). The largest absolute Gasteiger partial charge is 0.466 e. The first-order valence-corrected chi connectivity index (χ1v) is 6.24. The van der Waals surface area contributed by atoms with Gasteiger partial charge in [-0.3, -0.25) is 4.90 Å². The lowest BCUT2D eigenvalue weighted by Gasteiger charge is -2.21. The lowest BCUT2D eigenvalue weighted by Crippen LogP contribution is -2.29. The van der Waals surface area contributed by atoms with Crippen molar-refractivity contribution >= 4 is 5.97 Å². The highest BCUT2D eigenvalue weighted by Crippen LogP contribution is 2.19. The number of hydrogen-bond acceptors (Lipinski definition) is 3. The van der Waals surface area contributed by atoms with Gasteiger partial charge in [0.25, 0.3) is 0 Å². The van der Waals surface area contributed by atoms with E-state index in [1.807, 2.05) is 13.0 Å². The second-order valence-electron chi connectivity index (χ2n) is 4.27. The molecule has 0 aromatic rings. The molecule has 1 aliphatic rings. The van der Waals surface area contributed by atoms with Crippen molar-refractivity contribution in [3.05, 3.63) is 11.6 Å². The highest BCUT2D eigenvalue weighted by Gasteiger charge is 2.21. The lowest BCUT2D eigenvalue weighted by atomic mass is 10.1. The molecule has 1 aliphatic heterocycles. The van der Waals surface area contributed by atoms with Crippen LogP contribution in [-0.4, -0.2) is 37.1 Å². The zero-order chi connectivity index (χ0) is 12.0. The van der Waals surface area contributed by atoms with Crippen LogP contribution in [0, 0.1) is 0 Å². The molecule has 0 spiro atoms. The van der Waals surface area contributed by atoms with Gasteiger partial charge in [0.15, 0.2) is 0 Å². The molecule has 0 aromatic carbocycles. The van der Waals surface area contributed by atoms with Crippen molar-refractivity contribution in [1.29, 1.82) is 0 Å². The van der Waals surface area contributed by atoms with Crippen LogP contribution in [0.15, 0.2) is 11.6 Å². The molecule has 1 saturated heterocycles. The number of nitrogens with zero attached hydrogens (tertiary/aromatic N) is 1. The first-order chi connectivity index (χ1) is 7.72. The van der Waals surface area contributed by atoms with Crippen LogP contribution in [0.5, 0.6) is 0 Å². The highest BCUT2D eigenvalue weighted by atomic mass is 16.5. The molecule has 1 atom stereocenters. The van der Waals surface area contributed by atoms with Gasteiger partial charge in [0.05, 0.1) is 7.11 Å². The van der Waals surface area contributed by atoms with Gasteiger partial charge in [0, 0.05) is 18.2 Å². The normalized spacial score (nSPS) is 22.4. The first-order valence-electron chi connectivity index (χ1n) is 6.24. The van der Waals surface area contributed by atoms with E-state index in [-0.39, 0.29) is 5.97 Å². The number of likely N-dealkylation sites (tertiary alicyclic amines) is 1. The Kier molecular flexibility index (Phi) is 5.53. The van der Waals surface area contributed by atoms with Gasteiger partial charge in [-0.2, -0.15) is 0 Å². The van der Waals surface area contributed by atoms with Gasteiger partial charge in [-0.05, 0) is 32.2 Å². The number of hydrogen-bond donors (Lipinski definition) is 0. The number of rotatable bonds is 5. The van der Waals surface area contributed by atoms with Gasteiger partial charge in [-0.15, -0.1) is 0 Å². The average Bonchev–Trinajstić information content (AvgIpc) is 2.76. The van der Waals surface area contributed by atoms with Crippen LogP contribution in [0.2, 0.25) is 0 Å². The molecule has 3 heteroatoms. The quantitative estimate of drug-likeness (QED) is 0.531. The Morgan fingerprint density at radius 2 is 2.25 bits per heavy atom. The Morgan fingerprint density at radius 1 is 1.50 bits per heavy atom. The van der Waals surface area contributed by atoms with Crippen molar-refractivity contribution in [1.82, 2.24) is 4.90 Å². The third kappa shape index (κ3) is 3.34.